The van der Waals surface area contributed by atoms with Crippen LogP contribution >= 0.6 is 0 Å². The summed E-state index contributed by atoms with van der Waals surface area (Å²) in [6.45, 7) is -0.327. The van der Waals surface area contributed by atoms with E-state index < -0.39 is 17.7 Å². The van der Waals surface area contributed by atoms with Crippen LogP contribution in [0.4, 0.5) is 8.78 Å². The molecule has 2 aromatic rings. The zero-order valence-corrected chi connectivity index (χ0v) is 9.31. The minimum atomic E-state index is -0.760. The van der Waals surface area contributed by atoms with Gasteiger partial charge in [0.05, 0.1) is 6.61 Å². The van der Waals surface area contributed by atoms with E-state index in [9.17, 15) is 8.78 Å². The van der Waals surface area contributed by atoms with Crippen molar-refractivity contribution in [2.45, 2.75) is 12.5 Å². The quantitative estimate of drug-likeness (QED) is 0.848. The molecule has 0 fully saturated rings. The maximum Gasteiger partial charge on any atom is 0.245 e. The standard InChI is InChI=1S/C11H11F2N3O2/c12-7-2-1-6(8(13)4-7)3-10-15-11(18-16-10)9(14)5-17/h1-2,4,9,17H,3,5,14H2/t9-/m0/s1. The molecule has 7 heteroatoms. The van der Waals surface area contributed by atoms with Crippen molar-refractivity contribution in [3.63, 3.8) is 0 Å². The molecule has 0 radical (unpaired) electrons. The van der Waals surface area contributed by atoms with Crippen LogP contribution in [0, 0.1) is 11.6 Å². The van der Waals surface area contributed by atoms with Crippen LogP contribution in [0.3, 0.4) is 0 Å². The van der Waals surface area contributed by atoms with Crippen LogP contribution in [0.2, 0.25) is 0 Å². The fraction of sp³-hybridized carbons (Fsp3) is 0.273. The average Bonchev–Trinajstić information content (AvgIpc) is 2.80. The van der Waals surface area contributed by atoms with Crippen molar-refractivity contribution in [2.75, 3.05) is 6.61 Å². The van der Waals surface area contributed by atoms with E-state index in [1.54, 1.807) is 0 Å². The second kappa shape index (κ2) is 5.19. The Bertz CT molecular complexity index is 545. The van der Waals surface area contributed by atoms with Crippen LogP contribution in [0.5, 0.6) is 0 Å². The predicted octanol–water partition coefficient (Wildman–Crippen LogP) is 0.931. The molecule has 0 aliphatic heterocycles. The third kappa shape index (κ3) is 2.69. The molecule has 0 spiro atoms. The highest BCUT2D eigenvalue weighted by Crippen LogP contribution is 2.14. The number of nitrogens with two attached hydrogens (primary N) is 1. The van der Waals surface area contributed by atoms with Crippen molar-refractivity contribution in [3.8, 4) is 0 Å². The Kier molecular flexibility index (Phi) is 3.63. The van der Waals surface area contributed by atoms with Crippen molar-refractivity contribution in [1.82, 2.24) is 10.1 Å². The lowest BCUT2D eigenvalue weighted by atomic mass is 10.1. The monoisotopic (exact) mass is 255 g/mol. The van der Waals surface area contributed by atoms with Gasteiger partial charge in [0.25, 0.3) is 0 Å². The third-order valence-electron chi connectivity index (χ3n) is 2.36. The maximum atomic E-state index is 13.4. The van der Waals surface area contributed by atoms with Gasteiger partial charge in [-0.25, -0.2) is 8.78 Å². The normalized spacial score (nSPS) is 12.7. The summed E-state index contributed by atoms with van der Waals surface area (Å²) >= 11 is 0. The molecular formula is C11H11F2N3O2. The van der Waals surface area contributed by atoms with E-state index in [2.05, 4.69) is 10.1 Å². The van der Waals surface area contributed by atoms with Gasteiger partial charge in [0, 0.05) is 12.5 Å². The Morgan fingerprint density at radius 2 is 2.17 bits per heavy atom. The molecule has 0 aliphatic carbocycles. The van der Waals surface area contributed by atoms with E-state index in [1.807, 2.05) is 0 Å². The SMILES string of the molecule is N[C@@H](CO)c1nc(Cc2ccc(F)cc2F)no1. The van der Waals surface area contributed by atoms with E-state index in [1.165, 1.54) is 6.07 Å². The first-order valence-corrected chi connectivity index (χ1v) is 5.23. The van der Waals surface area contributed by atoms with E-state index in [-0.39, 0.29) is 30.3 Å². The highest BCUT2D eigenvalue weighted by Gasteiger charge is 2.15. The van der Waals surface area contributed by atoms with Crippen molar-refractivity contribution in [2.24, 2.45) is 5.73 Å². The Hall–Kier alpha value is -1.86. The first-order valence-electron chi connectivity index (χ1n) is 5.23. The highest BCUT2D eigenvalue weighted by molar-refractivity contribution is 5.21. The molecule has 1 heterocycles. The smallest absolute Gasteiger partial charge is 0.245 e. The number of halogens is 2. The van der Waals surface area contributed by atoms with E-state index in [4.69, 9.17) is 15.4 Å². The predicted molar refractivity (Wildman–Crippen MR) is 57.5 cm³/mol. The second-order valence-electron chi connectivity index (χ2n) is 3.75. The number of nitrogens with zero attached hydrogens (tertiary/aromatic N) is 2. The summed E-state index contributed by atoms with van der Waals surface area (Å²) in [5.74, 6) is -1.02. The van der Waals surface area contributed by atoms with E-state index in [0.29, 0.717) is 0 Å². The molecule has 0 saturated carbocycles. The molecule has 0 aliphatic rings. The lowest BCUT2D eigenvalue weighted by Crippen LogP contribution is -2.14. The summed E-state index contributed by atoms with van der Waals surface area (Å²) in [4.78, 5) is 3.92. The number of hydrogen-bond acceptors (Lipinski definition) is 5. The summed E-state index contributed by atoms with van der Waals surface area (Å²) in [6.07, 6.45) is 0.0633. The molecule has 0 unspecified atom stereocenters. The van der Waals surface area contributed by atoms with Gasteiger partial charge in [-0.05, 0) is 11.6 Å². The van der Waals surface area contributed by atoms with Crippen LogP contribution in [0.15, 0.2) is 22.7 Å². The van der Waals surface area contributed by atoms with Crippen LogP contribution in [-0.2, 0) is 6.42 Å². The van der Waals surface area contributed by atoms with E-state index >= 15 is 0 Å². The second-order valence-corrected chi connectivity index (χ2v) is 3.75. The Morgan fingerprint density at radius 1 is 1.39 bits per heavy atom. The Labute approximate surface area is 101 Å². The summed E-state index contributed by atoms with van der Waals surface area (Å²) in [6, 6.07) is 2.49. The molecule has 3 N–H and O–H groups in total. The lowest BCUT2D eigenvalue weighted by molar-refractivity contribution is 0.236. The van der Waals surface area contributed by atoms with Gasteiger partial charge in [-0.2, -0.15) is 4.98 Å². The number of benzene rings is 1. The molecule has 5 nitrogen and oxygen atoms in total. The lowest BCUT2D eigenvalue weighted by Gasteiger charge is -2.00. The largest absolute Gasteiger partial charge is 0.394 e. The zero-order valence-electron chi connectivity index (χ0n) is 9.31. The van der Waals surface area contributed by atoms with Gasteiger partial charge in [-0.1, -0.05) is 11.2 Å². The van der Waals surface area contributed by atoms with Gasteiger partial charge in [-0.15, -0.1) is 0 Å². The number of aliphatic hydroxyl groups is 1. The molecule has 2 rings (SSSR count). The van der Waals surface area contributed by atoms with Crippen LogP contribution in [-0.4, -0.2) is 21.9 Å². The first-order chi connectivity index (χ1) is 8.60. The molecule has 18 heavy (non-hydrogen) atoms. The molecule has 96 valence electrons. The molecule has 1 atom stereocenters. The van der Waals surface area contributed by atoms with Crippen LogP contribution in [0.1, 0.15) is 23.3 Å². The number of rotatable bonds is 4. The molecular weight excluding hydrogens is 244 g/mol. The van der Waals surface area contributed by atoms with Gasteiger partial charge in [0.15, 0.2) is 5.82 Å². The molecule has 0 bridgehead atoms. The summed E-state index contributed by atoms with van der Waals surface area (Å²) in [7, 11) is 0. The number of aromatic nitrogens is 2. The van der Waals surface area contributed by atoms with Gasteiger partial charge in [-0.3, -0.25) is 0 Å². The summed E-state index contributed by atoms with van der Waals surface area (Å²) < 4.78 is 30.9. The molecule has 1 aromatic carbocycles. The van der Waals surface area contributed by atoms with Gasteiger partial charge >= 0.3 is 0 Å². The summed E-state index contributed by atoms with van der Waals surface area (Å²) in [5.41, 5.74) is 5.73. The van der Waals surface area contributed by atoms with Crippen LogP contribution < -0.4 is 5.73 Å². The zero-order chi connectivity index (χ0) is 13.1. The maximum absolute atomic E-state index is 13.4. The molecule has 0 saturated heterocycles. The third-order valence-corrected chi connectivity index (χ3v) is 2.36. The van der Waals surface area contributed by atoms with Crippen molar-refractivity contribution >= 4 is 0 Å². The topological polar surface area (TPSA) is 85.2 Å². The first kappa shape index (κ1) is 12.6. The average molecular weight is 255 g/mol. The van der Waals surface area contributed by atoms with Crippen molar-refractivity contribution in [1.29, 1.82) is 0 Å². The minimum absolute atomic E-state index is 0.0633. The van der Waals surface area contributed by atoms with Gasteiger partial charge in [0.1, 0.15) is 17.7 Å². The summed E-state index contributed by atoms with van der Waals surface area (Å²) in [5, 5.41) is 12.4. The van der Waals surface area contributed by atoms with Gasteiger partial charge < -0.3 is 15.4 Å². The number of hydrogen-bond donors (Lipinski definition) is 2. The van der Waals surface area contributed by atoms with Crippen molar-refractivity contribution < 1.29 is 18.4 Å². The number of aliphatic hydroxyl groups excluding tert-OH is 1. The Balaban J connectivity index is 2.16. The fourth-order valence-corrected chi connectivity index (χ4v) is 1.40. The van der Waals surface area contributed by atoms with Gasteiger partial charge in [0.2, 0.25) is 5.89 Å². The highest BCUT2D eigenvalue weighted by atomic mass is 19.1. The molecule has 1 aromatic heterocycles. The fourth-order valence-electron chi connectivity index (χ4n) is 1.40. The van der Waals surface area contributed by atoms with Crippen LogP contribution in [0.25, 0.3) is 0 Å². The minimum Gasteiger partial charge on any atom is -0.394 e. The molecule has 0 amide bonds. The van der Waals surface area contributed by atoms with E-state index in [0.717, 1.165) is 12.1 Å². The van der Waals surface area contributed by atoms with Crippen molar-refractivity contribution in [3.05, 3.63) is 47.1 Å². The Morgan fingerprint density at radius 3 is 2.83 bits per heavy atom.